The van der Waals surface area contributed by atoms with Gasteiger partial charge in [0.15, 0.2) is 0 Å². The summed E-state index contributed by atoms with van der Waals surface area (Å²) in [6, 6.07) is 16.5. The maximum Gasteiger partial charge on any atom is 0.272 e. The Bertz CT molecular complexity index is 2130. The van der Waals surface area contributed by atoms with Crippen molar-refractivity contribution in [2.45, 2.75) is 57.8 Å². The van der Waals surface area contributed by atoms with E-state index >= 15 is 0 Å². The van der Waals surface area contributed by atoms with Gasteiger partial charge >= 0.3 is 0 Å². The Kier molecular flexibility index (Phi) is 7.20. The van der Waals surface area contributed by atoms with E-state index < -0.39 is 0 Å². The van der Waals surface area contributed by atoms with Crippen molar-refractivity contribution in [3.8, 4) is 16.9 Å². The van der Waals surface area contributed by atoms with Gasteiger partial charge in [-0.15, -0.1) is 0 Å². The number of nitrogens with zero attached hydrogens (tertiary/aromatic N) is 7. The van der Waals surface area contributed by atoms with E-state index in [-0.39, 0.29) is 5.91 Å². The molecule has 11 heteroatoms. The molecule has 4 aromatic heterocycles. The molecule has 0 bridgehead atoms. The van der Waals surface area contributed by atoms with E-state index in [1.807, 2.05) is 66.3 Å². The van der Waals surface area contributed by atoms with Gasteiger partial charge in [-0.3, -0.25) is 9.69 Å². The van der Waals surface area contributed by atoms with Crippen LogP contribution in [0, 0.1) is 6.92 Å². The molecule has 2 aliphatic rings. The normalized spacial score (nSPS) is 18.4. The van der Waals surface area contributed by atoms with Gasteiger partial charge in [-0.25, -0.2) is 15.0 Å². The lowest BCUT2D eigenvalue weighted by Gasteiger charge is -2.39. The Balaban J connectivity index is 1.05. The molecule has 3 N–H and O–H groups in total. The molecule has 2 aromatic carbocycles. The predicted octanol–water partition coefficient (Wildman–Crippen LogP) is 5.94. The molecule has 0 spiro atoms. The highest BCUT2D eigenvalue weighted by molar-refractivity contribution is 6.07. The fourth-order valence-corrected chi connectivity index (χ4v) is 7.71. The number of carbonyl (C=O) groups is 1. The number of imidazole rings is 1. The number of ether oxygens (including phenoxy) is 1. The van der Waals surface area contributed by atoms with Crippen LogP contribution in [0.15, 0.2) is 67.3 Å². The first-order chi connectivity index (χ1) is 22.9. The fourth-order valence-electron chi connectivity index (χ4n) is 7.71. The number of aryl methyl sites for hydroxylation is 2. The highest BCUT2D eigenvalue weighted by Crippen LogP contribution is 2.41. The van der Waals surface area contributed by atoms with Crippen molar-refractivity contribution in [3.05, 3.63) is 84.5 Å². The van der Waals surface area contributed by atoms with Gasteiger partial charge < -0.3 is 29.5 Å². The molecule has 0 saturated heterocycles. The number of methoxy groups -OCH3 is 1. The third-order valence-electron chi connectivity index (χ3n) is 10.3. The van der Waals surface area contributed by atoms with Gasteiger partial charge in [-0.05, 0) is 62.4 Å². The topological polar surface area (TPSA) is 121 Å². The second-order valence-corrected chi connectivity index (χ2v) is 12.8. The molecule has 8 rings (SSSR count). The Morgan fingerprint density at radius 3 is 2.62 bits per heavy atom. The Hall–Kier alpha value is -5.16. The van der Waals surface area contributed by atoms with E-state index in [9.17, 15) is 4.79 Å². The van der Waals surface area contributed by atoms with Crippen molar-refractivity contribution >= 4 is 39.3 Å². The van der Waals surface area contributed by atoms with Crippen LogP contribution < -0.4 is 15.8 Å². The lowest BCUT2D eigenvalue weighted by atomic mass is 9.89. The van der Waals surface area contributed by atoms with E-state index in [2.05, 4.69) is 42.4 Å². The zero-order valence-corrected chi connectivity index (χ0v) is 27.0. The fraction of sp³-hybridized carbons (Fsp3) is 0.333. The van der Waals surface area contributed by atoms with E-state index in [1.54, 1.807) is 13.4 Å². The predicted molar refractivity (Wildman–Crippen MR) is 183 cm³/mol. The van der Waals surface area contributed by atoms with Crippen molar-refractivity contribution in [1.82, 2.24) is 33.6 Å². The standard InChI is InChI=1S/C36H39N9O2/c1-22-18-38-32-20-43(14-15-44(22)32)25-9-11-26(12-10-25)45-19-27(33-34(37)39-21-40-35(33)45)23-8-13-28(31(17-23)47-3)41-36(46)30-16-24-6-4-5-7-29(24)42(30)2/h4-8,13,16-19,21,25-26H,9-12,14-15,20H2,1-3H3,(H,41,46)(H2,37,39,40)/t25-,26-. The number of nitrogens with two attached hydrogens (primary N) is 1. The molecule has 240 valence electrons. The summed E-state index contributed by atoms with van der Waals surface area (Å²) in [4.78, 5) is 29.7. The molecule has 47 heavy (non-hydrogen) atoms. The quantitative estimate of drug-likeness (QED) is 0.234. The number of para-hydroxylation sites is 1. The number of carbonyl (C=O) groups excluding carboxylic acids is 1. The molecule has 0 radical (unpaired) electrons. The molecular formula is C36H39N9O2. The summed E-state index contributed by atoms with van der Waals surface area (Å²) in [6.45, 7) is 5.14. The number of fused-ring (bicyclic) bond motifs is 3. The average Bonchev–Trinajstić information content (AvgIpc) is 3.78. The van der Waals surface area contributed by atoms with Crippen LogP contribution in [-0.2, 0) is 20.1 Å². The molecular weight excluding hydrogens is 590 g/mol. The number of nitrogens with one attached hydrogen (secondary N) is 1. The number of rotatable bonds is 6. The average molecular weight is 630 g/mol. The molecule has 1 saturated carbocycles. The van der Waals surface area contributed by atoms with Crippen LogP contribution >= 0.6 is 0 Å². The van der Waals surface area contributed by atoms with E-state index in [0.717, 1.165) is 78.4 Å². The van der Waals surface area contributed by atoms with Gasteiger partial charge in [0, 0.05) is 66.8 Å². The van der Waals surface area contributed by atoms with Crippen molar-refractivity contribution < 1.29 is 9.53 Å². The number of hydrogen-bond donors (Lipinski definition) is 2. The molecule has 1 aliphatic carbocycles. The number of amides is 1. The molecule has 1 aliphatic heterocycles. The maximum atomic E-state index is 13.4. The van der Waals surface area contributed by atoms with Crippen LogP contribution in [0.3, 0.4) is 0 Å². The highest BCUT2D eigenvalue weighted by Gasteiger charge is 2.31. The van der Waals surface area contributed by atoms with Crippen molar-refractivity contribution in [3.63, 3.8) is 0 Å². The van der Waals surface area contributed by atoms with Gasteiger partial charge in [0.2, 0.25) is 0 Å². The minimum Gasteiger partial charge on any atom is -0.495 e. The summed E-state index contributed by atoms with van der Waals surface area (Å²) in [5.74, 6) is 1.98. The molecule has 5 heterocycles. The molecule has 0 atom stereocenters. The minimum absolute atomic E-state index is 0.204. The van der Waals surface area contributed by atoms with Crippen LogP contribution in [0.4, 0.5) is 11.5 Å². The first-order valence-corrected chi connectivity index (χ1v) is 16.3. The summed E-state index contributed by atoms with van der Waals surface area (Å²) in [5, 5.41) is 4.90. The lowest BCUT2D eigenvalue weighted by Crippen LogP contribution is -2.43. The minimum atomic E-state index is -0.204. The number of hydrogen-bond acceptors (Lipinski definition) is 7. The molecule has 6 aromatic rings. The summed E-state index contributed by atoms with van der Waals surface area (Å²) in [5.41, 5.74) is 12.6. The zero-order valence-electron chi connectivity index (χ0n) is 27.0. The molecule has 0 unspecified atom stereocenters. The van der Waals surface area contributed by atoms with Crippen LogP contribution in [0.2, 0.25) is 0 Å². The number of anilines is 2. The first kappa shape index (κ1) is 29.3. The maximum absolute atomic E-state index is 13.4. The number of aromatic nitrogens is 6. The Morgan fingerprint density at radius 1 is 1.00 bits per heavy atom. The Morgan fingerprint density at radius 2 is 1.81 bits per heavy atom. The van der Waals surface area contributed by atoms with Gasteiger partial charge in [-0.2, -0.15) is 0 Å². The number of nitrogen functional groups attached to an aromatic ring is 1. The zero-order chi connectivity index (χ0) is 32.2. The summed E-state index contributed by atoms with van der Waals surface area (Å²) in [6.07, 6.45) is 10.1. The van der Waals surface area contributed by atoms with E-state index in [4.69, 9.17) is 15.5 Å². The van der Waals surface area contributed by atoms with E-state index in [0.29, 0.717) is 35.0 Å². The second kappa shape index (κ2) is 11.6. The van der Waals surface area contributed by atoms with Gasteiger partial charge in [-0.1, -0.05) is 24.3 Å². The van der Waals surface area contributed by atoms with Crippen molar-refractivity contribution in [2.75, 3.05) is 24.7 Å². The van der Waals surface area contributed by atoms with Crippen LogP contribution in [0.5, 0.6) is 5.75 Å². The van der Waals surface area contributed by atoms with Crippen LogP contribution in [-0.4, -0.2) is 59.2 Å². The Labute approximate surface area is 273 Å². The summed E-state index contributed by atoms with van der Waals surface area (Å²) >= 11 is 0. The van der Waals surface area contributed by atoms with Gasteiger partial charge in [0.1, 0.15) is 35.1 Å². The molecule has 1 fully saturated rings. The molecule has 1 amide bonds. The highest BCUT2D eigenvalue weighted by atomic mass is 16.5. The second-order valence-electron chi connectivity index (χ2n) is 12.8. The van der Waals surface area contributed by atoms with Gasteiger partial charge in [0.05, 0.1) is 24.7 Å². The largest absolute Gasteiger partial charge is 0.495 e. The SMILES string of the molecule is COc1cc(-c2cn([C@H]3CC[C@H](N4CCn5c(C)cnc5C4)CC3)c3ncnc(N)c23)ccc1NC(=O)c1cc2ccccc2n1C. The van der Waals surface area contributed by atoms with Gasteiger partial charge in [0.25, 0.3) is 5.91 Å². The number of benzene rings is 2. The molecule has 11 nitrogen and oxygen atoms in total. The lowest BCUT2D eigenvalue weighted by molar-refractivity contribution is 0.101. The van der Waals surface area contributed by atoms with E-state index in [1.165, 1.54) is 11.5 Å². The van der Waals surface area contributed by atoms with Crippen LogP contribution in [0.1, 0.15) is 53.7 Å². The summed E-state index contributed by atoms with van der Waals surface area (Å²) < 4.78 is 12.3. The smallest absolute Gasteiger partial charge is 0.272 e. The van der Waals surface area contributed by atoms with Crippen LogP contribution in [0.25, 0.3) is 33.1 Å². The van der Waals surface area contributed by atoms with Crippen molar-refractivity contribution in [2.24, 2.45) is 7.05 Å². The van der Waals surface area contributed by atoms with Crippen molar-refractivity contribution in [1.29, 1.82) is 0 Å². The monoisotopic (exact) mass is 629 g/mol. The third kappa shape index (κ3) is 5.01. The third-order valence-corrected chi connectivity index (χ3v) is 10.3. The summed E-state index contributed by atoms with van der Waals surface area (Å²) in [7, 11) is 3.51. The first-order valence-electron chi connectivity index (χ1n) is 16.3.